The third-order valence-corrected chi connectivity index (χ3v) is 6.41. The van der Waals surface area contributed by atoms with Crippen molar-refractivity contribution in [3.63, 3.8) is 0 Å². The molecule has 1 aromatic heterocycles. The molecule has 0 spiro atoms. The first-order valence-corrected chi connectivity index (χ1v) is 11.5. The van der Waals surface area contributed by atoms with Crippen molar-refractivity contribution in [2.75, 3.05) is 13.2 Å². The minimum absolute atomic E-state index is 0.0895. The molecule has 10 heteroatoms. The first kappa shape index (κ1) is 23.3. The van der Waals surface area contributed by atoms with Gasteiger partial charge in [-0.05, 0) is 0 Å². The molecule has 0 radical (unpaired) electrons. The van der Waals surface area contributed by atoms with Gasteiger partial charge in [0.1, 0.15) is 0 Å². The molecule has 32 heavy (non-hydrogen) atoms. The monoisotopic (exact) mass is 503 g/mol. The van der Waals surface area contributed by atoms with Crippen molar-refractivity contribution in [2.24, 2.45) is 5.92 Å². The SMILES string of the molecule is CCOC(=O)C(C(=O)OCC)[C@@H](c1ccc([N+](=O)[O-])cc1)c1[se]nnc1-c1ccccc1. The summed E-state index contributed by atoms with van der Waals surface area (Å²) in [6.07, 6.45) is 0. The quantitative estimate of drug-likeness (QED) is 0.144. The van der Waals surface area contributed by atoms with E-state index in [0.717, 1.165) is 5.56 Å². The number of carbonyl (C=O) groups excluding carboxylic acids is 2. The molecule has 0 bridgehead atoms. The summed E-state index contributed by atoms with van der Waals surface area (Å²) in [5, 5.41) is 15.4. The Morgan fingerprint density at radius 3 is 2.12 bits per heavy atom. The molecule has 0 aliphatic rings. The predicted octanol–water partition coefficient (Wildman–Crippen LogP) is 2.98. The third kappa shape index (κ3) is 5.09. The summed E-state index contributed by atoms with van der Waals surface area (Å²) in [6.45, 7) is 3.48. The molecule has 166 valence electrons. The molecular weight excluding hydrogens is 481 g/mol. The minimum atomic E-state index is -1.30. The fourth-order valence-electron chi connectivity index (χ4n) is 3.33. The van der Waals surface area contributed by atoms with Crippen molar-refractivity contribution < 1.29 is 24.0 Å². The van der Waals surface area contributed by atoms with E-state index in [1.54, 1.807) is 13.8 Å². The van der Waals surface area contributed by atoms with Crippen LogP contribution in [-0.4, -0.2) is 54.0 Å². The second-order valence-corrected chi connectivity index (χ2v) is 8.31. The fraction of sp³-hybridized carbons (Fsp3) is 0.273. The zero-order chi connectivity index (χ0) is 23.1. The Morgan fingerprint density at radius 1 is 1.00 bits per heavy atom. The summed E-state index contributed by atoms with van der Waals surface area (Å²) in [5.74, 6) is -3.54. The maximum absolute atomic E-state index is 12.9. The van der Waals surface area contributed by atoms with Crippen LogP contribution in [0.4, 0.5) is 5.69 Å². The molecule has 0 saturated heterocycles. The molecule has 0 aliphatic carbocycles. The summed E-state index contributed by atoms with van der Waals surface area (Å²) < 4.78 is 15.3. The third-order valence-electron chi connectivity index (χ3n) is 4.72. The molecule has 0 aliphatic heterocycles. The van der Waals surface area contributed by atoms with Gasteiger partial charge in [0.15, 0.2) is 0 Å². The second-order valence-electron chi connectivity index (χ2n) is 6.66. The molecule has 9 nitrogen and oxygen atoms in total. The standard InChI is InChI=1S/C22H21N3O6Se/c1-3-30-21(26)18(22(27)31-4-2)17(14-10-12-16(13-11-14)25(28)29)20-19(23-24-32-20)15-8-6-5-7-9-15/h5-13,17-18H,3-4H2,1-2H3/t17-/m1/s1. The van der Waals surface area contributed by atoms with Crippen molar-refractivity contribution in [1.82, 2.24) is 9.19 Å². The second kappa shape index (κ2) is 10.8. The Kier molecular flexibility index (Phi) is 7.86. The molecule has 0 unspecified atom stereocenters. The van der Waals surface area contributed by atoms with E-state index in [1.807, 2.05) is 30.3 Å². The van der Waals surface area contributed by atoms with Crippen molar-refractivity contribution in [2.45, 2.75) is 19.8 Å². The summed E-state index contributed by atoms with van der Waals surface area (Å²) in [7, 11) is 0. The first-order chi connectivity index (χ1) is 15.5. The number of benzene rings is 2. The van der Waals surface area contributed by atoms with E-state index in [9.17, 15) is 19.7 Å². The normalized spacial score (nSPS) is 11.7. The average Bonchev–Trinajstić information content (AvgIpc) is 3.27. The zero-order valence-corrected chi connectivity index (χ0v) is 19.2. The molecule has 2 aromatic carbocycles. The zero-order valence-electron chi connectivity index (χ0n) is 17.5. The van der Waals surface area contributed by atoms with Gasteiger partial charge in [-0.2, -0.15) is 0 Å². The van der Waals surface area contributed by atoms with Gasteiger partial charge in [-0.25, -0.2) is 0 Å². The Bertz CT molecular complexity index is 1070. The van der Waals surface area contributed by atoms with Gasteiger partial charge >= 0.3 is 190 Å². The predicted molar refractivity (Wildman–Crippen MR) is 116 cm³/mol. The molecule has 0 saturated carbocycles. The van der Waals surface area contributed by atoms with Crippen molar-refractivity contribution in [3.8, 4) is 11.3 Å². The molecule has 1 heterocycles. The molecule has 1 atom stereocenters. The van der Waals surface area contributed by atoms with Crippen LogP contribution in [0.5, 0.6) is 0 Å². The topological polar surface area (TPSA) is 122 Å². The van der Waals surface area contributed by atoms with E-state index < -0.39 is 43.4 Å². The number of aromatic nitrogens is 2. The van der Waals surface area contributed by atoms with Gasteiger partial charge in [0.2, 0.25) is 0 Å². The van der Waals surface area contributed by atoms with Gasteiger partial charge in [0.25, 0.3) is 0 Å². The van der Waals surface area contributed by atoms with Crippen LogP contribution in [0.1, 0.15) is 29.8 Å². The van der Waals surface area contributed by atoms with Gasteiger partial charge in [-0.3, -0.25) is 0 Å². The number of carbonyl (C=O) groups is 2. The summed E-state index contributed by atoms with van der Waals surface area (Å²) in [5.41, 5.74) is 1.82. The van der Waals surface area contributed by atoms with Crippen molar-refractivity contribution in [3.05, 3.63) is 74.7 Å². The van der Waals surface area contributed by atoms with Gasteiger partial charge < -0.3 is 0 Å². The molecule has 3 rings (SSSR count). The van der Waals surface area contributed by atoms with E-state index in [4.69, 9.17) is 9.47 Å². The van der Waals surface area contributed by atoms with Crippen LogP contribution < -0.4 is 0 Å². The number of nitro benzene ring substituents is 1. The Hall–Kier alpha value is -3.36. The van der Waals surface area contributed by atoms with Crippen LogP contribution in [0.15, 0.2) is 54.6 Å². The van der Waals surface area contributed by atoms with Crippen molar-refractivity contribution >= 4 is 32.4 Å². The van der Waals surface area contributed by atoms with Crippen LogP contribution in [0.2, 0.25) is 0 Å². The number of hydrogen-bond acceptors (Lipinski definition) is 8. The van der Waals surface area contributed by atoms with E-state index >= 15 is 0 Å². The molecule has 0 fully saturated rings. The van der Waals surface area contributed by atoms with Gasteiger partial charge in [-0.15, -0.1) is 0 Å². The van der Waals surface area contributed by atoms with E-state index in [2.05, 4.69) is 9.19 Å². The summed E-state index contributed by atoms with van der Waals surface area (Å²) in [6, 6.07) is 15.1. The average molecular weight is 502 g/mol. The van der Waals surface area contributed by atoms with Crippen LogP contribution in [-0.2, 0) is 19.1 Å². The number of nitrogens with zero attached hydrogens (tertiary/aromatic N) is 3. The number of ether oxygens (including phenoxy) is 2. The van der Waals surface area contributed by atoms with Gasteiger partial charge in [0.05, 0.1) is 0 Å². The molecule has 0 amide bonds. The number of hydrogen-bond donors (Lipinski definition) is 0. The Labute approximate surface area is 190 Å². The van der Waals surface area contributed by atoms with E-state index in [0.29, 0.717) is 15.7 Å². The molecular formula is C22H21N3O6Se. The van der Waals surface area contributed by atoms with Crippen LogP contribution >= 0.6 is 0 Å². The number of nitro groups is 1. The van der Waals surface area contributed by atoms with E-state index in [1.165, 1.54) is 24.3 Å². The molecule has 3 aromatic rings. The molecule has 0 N–H and O–H groups in total. The first-order valence-electron chi connectivity index (χ1n) is 9.93. The summed E-state index contributed by atoms with van der Waals surface area (Å²) in [4.78, 5) is 36.5. The number of rotatable bonds is 9. The van der Waals surface area contributed by atoms with Gasteiger partial charge in [-0.1, -0.05) is 0 Å². The van der Waals surface area contributed by atoms with Crippen LogP contribution in [0.25, 0.3) is 11.3 Å². The van der Waals surface area contributed by atoms with Gasteiger partial charge in [0, 0.05) is 0 Å². The Morgan fingerprint density at radius 2 is 1.59 bits per heavy atom. The van der Waals surface area contributed by atoms with Crippen molar-refractivity contribution in [1.29, 1.82) is 0 Å². The fourth-order valence-corrected chi connectivity index (χ4v) is 5.09. The van der Waals surface area contributed by atoms with E-state index in [-0.39, 0.29) is 18.9 Å². The summed E-state index contributed by atoms with van der Waals surface area (Å²) >= 11 is -0.491. The van der Waals surface area contributed by atoms with Crippen LogP contribution in [0, 0.1) is 16.0 Å². The Balaban J connectivity index is 2.19. The maximum atomic E-state index is 12.9. The number of non-ortho nitro benzene ring substituents is 1. The number of esters is 2. The van der Waals surface area contributed by atoms with Crippen LogP contribution in [0.3, 0.4) is 0 Å².